The second kappa shape index (κ2) is 5.62. The predicted molar refractivity (Wildman–Crippen MR) is 71.5 cm³/mol. The van der Waals surface area contributed by atoms with Crippen LogP contribution in [0.5, 0.6) is 0 Å². The number of para-hydroxylation sites is 1. The maximum Gasteiger partial charge on any atom is 0.374 e. The van der Waals surface area contributed by atoms with Crippen LogP contribution in [0.3, 0.4) is 0 Å². The van der Waals surface area contributed by atoms with Crippen molar-refractivity contribution in [3.63, 3.8) is 0 Å². The Morgan fingerprint density at radius 2 is 2.16 bits per heavy atom. The number of methoxy groups -OCH3 is 1. The number of anilines is 1. The molecule has 1 aromatic carbocycles. The summed E-state index contributed by atoms with van der Waals surface area (Å²) >= 11 is 0. The van der Waals surface area contributed by atoms with Crippen molar-refractivity contribution >= 4 is 22.7 Å². The number of aromatic carboxylic acids is 1. The number of carboxylic acid groups (broad SMARTS) is 1. The molecule has 0 aliphatic rings. The maximum atomic E-state index is 11.0. The van der Waals surface area contributed by atoms with Crippen LogP contribution in [-0.2, 0) is 4.74 Å². The molecule has 0 aliphatic heterocycles. The molecule has 2 rings (SSSR count). The zero-order valence-electron chi connectivity index (χ0n) is 10.8. The summed E-state index contributed by atoms with van der Waals surface area (Å²) in [6.45, 7) is 2.43. The van der Waals surface area contributed by atoms with Crippen molar-refractivity contribution in [2.24, 2.45) is 0 Å². The van der Waals surface area contributed by atoms with Crippen LogP contribution in [0.2, 0.25) is 0 Å². The molecule has 2 N–H and O–H groups in total. The first-order valence-electron chi connectivity index (χ1n) is 5.87. The maximum absolute atomic E-state index is 11.0. The molecular weight excluding hydrogens is 246 g/mol. The second-order valence-electron chi connectivity index (χ2n) is 4.22. The molecule has 6 heteroatoms. The molecule has 0 fully saturated rings. The van der Waals surface area contributed by atoms with Gasteiger partial charge in [0.05, 0.1) is 12.1 Å². The van der Waals surface area contributed by atoms with E-state index in [-0.39, 0.29) is 11.9 Å². The molecule has 1 atom stereocenters. The first kappa shape index (κ1) is 13.2. The molecule has 2 aromatic rings. The van der Waals surface area contributed by atoms with Crippen molar-refractivity contribution in [2.75, 3.05) is 19.0 Å². The van der Waals surface area contributed by atoms with E-state index in [4.69, 9.17) is 9.84 Å². The van der Waals surface area contributed by atoms with E-state index < -0.39 is 5.97 Å². The highest BCUT2D eigenvalue weighted by atomic mass is 16.5. The fourth-order valence-corrected chi connectivity index (χ4v) is 1.81. The number of hydrogen-bond acceptors (Lipinski definition) is 5. The Balaban J connectivity index is 2.47. The number of carbonyl (C=O) groups is 1. The molecule has 0 amide bonds. The summed E-state index contributed by atoms with van der Waals surface area (Å²) in [5.41, 5.74) is 0.599. The zero-order chi connectivity index (χ0) is 13.8. The lowest BCUT2D eigenvalue weighted by Gasteiger charge is -2.15. The van der Waals surface area contributed by atoms with Gasteiger partial charge in [-0.05, 0) is 19.1 Å². The summed E-state index contributed by atoms with van der Waals surface area (Å²) < 4.78 is 5.04. The Morgan fingerprint density at radius 1 is 1.42 bits per heavy atom. The average molecular weight is 261 g/mol. The van der Waals surface area contributed by atoms with Crippen LogP contribution >= 0.6 is 0 Å². The average Bonchev–Trinajstić information content (AvgIpc) is 2.38. The summed E-state index contributed by atoms with van der Waals surface area (Å²) in [5, 5.41) is 13.0. The molecule has 100 valence electrons. The van der Waals surface area contributed by atoms with Gasteiger partial charge in [-0.15, -0.1) is 0 Å². The summed E-state index contributed by atoms with van der Waals surface area (Å²) in [4.78, 5) is 19.1. The van der Waals surface area contributed by atoms with E-state index >= 15 is 0 Å². The summed E-state index contributed by atoms with van der Waals surface area (Å²) in [6.07, 6.45) is 0. The first-order valence-corrected chi connectivity index (χ1v) is 5.87. The molecule has 0 bridgehead atoms. The number of nitrogens with zero attached hydrogens (tertiary/aromatic N) is 2. The van der Waals surface area contributed by atoms with Crippen molar-refractivity contribution in [1.29, 1.82) is 0 Å². The third-order valence-corrected chi connectivity index (χ3v) is 2.59. The van der Waals surface area contributed by atoms with Crippen LogP contribution in [0.25, 0.3) is 10.9 Å². The lowest BCUT2D eigenvalue weighted by atomic mass is 10.2. The third-order valence-electron chi connectivity index (χ3n) is 2.59. The first-order chi connectivity index (χ1) is 9.11. The van der Waals surface area contributed by atoms with Crippen LogP contribution in [0, 0.1) is 0 Å². The van der Waals surface area contributed by atoms with Gasteiger partial charge in [-0.2, -0.15) is 0 Å². The van der Waals surface area contributed by atoms with E-state index in [1.807, 2.05) is 25.1 Å². The molecule has 0 saturated carbocycles. The molecular formula is C13H15N3O3. The van der Waals surface area contributed by atoms with Gasteiger partial charge in [-0.1, -0.05) is 12.1 Å². The van der Waals surface area contributed by atoms with E-state index in [9.17, 15) is 4.79 Å². The Bertz CT molecular complexity index is 601. The largest absolute Gasteiger partial charge is 0.475 e. The van der Waals surface area contributed by atoms with E-state index in [1.165, 1.54) is 0 Å². The molecule has 0 spiro atoms. The molecule has 19 heavy (non-hydrogen) atoms. The molecule has 1 aromatic heterocycles. The number of ether oxygens (including phenoxy) is 1. The number of nitrogens with one attached hydrogen (secondary N) is 1. The zero-order valence-corrected chi connectivity index (χ0v) is 10.8. The Morgan fingerprint density at radius 3 is 2.84 bits per heavy atom. The van der Waals surface area contributed by atoms with Gasteiger partial charge in [0.15, 0.2) is 0 Å². The van der Waals surface area contributed by atoms with Crippen LogP contribution < -0.4 is 5.32 Å². The van der Waals surface area contributed by atoms with E-state index in [0.29, 0.717) is 17.9 Å². The van der Waals surface area contributed by atoms with Gasteiger partial charge >= 0.3 is 5.97 Å². The summed E-state index contributed by atoms with van der Waals surface area (Å²) in [7, 11) is 1.61. The fourth-order valence-electron chi connectivity index (χ4n) is 1.81. The Kier molecular flexibility index (Phi) is 3.91. The standard InChI is InChI=1S/C13H15N3O3/c1-8(7-19-2)14-11-9-5-3-4-6-10(9)15-12(16-11)13(17)18/h3-6,8H,7H2,1-2H3,(H,17,18)(H,14,15,16). The van der Waals surface area contributed by atoms with Crippen LogP contribution in [0.15, 0.2) is 24.3 Å². The second-order valence-corrected chi connectivity index (χ2v) is 4.22. The highest BCUT2D eigenvalue weighted by Gasteiger charge is 2.13. The van der Waals surface area contributed by atoms with Gasteiger partial charge in [-0.25, -0.2) is 14.8 Å². The van der Waals surface area contributed by atoms with Crippen molar-refractivity contribution in [3.8, 4) is 0 Å². The van der Waals surface area contributed by atoms with Gasteiger partial charge in [0.2, 0.25) is 5.82 Å². The monoisotopic (exact) mass is 261 g/mol. The molecule has 0 saturated heterocycles. The minimum atomic E-state index is -1.15. The molecule has 0 radical (unpaired) electrons. The summed E-state index contributed by atoms with van der Waals surface area (Å²) in [5.74, 6) is -0.855. The Labute approximate surface area is 110 Å². The predicted octanol–water partition coefficient (Wildman–Crippen LogP) is 1.77. The number of fused-ring (bicyclic) bond motifs is 1. The van der Waals surface area contributed by atoms with Crippen molar-refractivity contribution in [3.05, 3.63) is 30.1 Å². The number of benzene rings is 1. The molecule has 0 aliphatic carbocycles. The van der Waals surface area contributed by atoms with Gasteiger partial charge in [0.1, 0.15) is 5.82 Å². The summed E-state index contributed by atoms with van der Waals surface area (Å²) in [6, 6.07) is 7.30. The smallest absolute Gasteiger partial charge is 0.374 e. The molecule has 6 nitrogen and oxygen atoms in total. The Hall–Kier alpha value is -2.21. The number of rotatable bonds is 5. The lowest BCUT2D eigenvalue weighted by molar-refractivity contribution is 0.0684. The number of carboxylic acids is 1. The SMILES string of the molecule is COCC(C)Nc1nc(C(=O)O)nc2ccccc12. The van der Waals surface area contributed by atoms with Crippen LogP contribution in [-0.4, -0.2) is 40.8 Å². The fraction of sp³-hybridized carbons (Fsp3) is 0.308. The molecule has 1 unspecified atom stereocenters. The van der Waals surface area contributed by atoms with E-state index in [1.54, 1.807) is 13.2 Å². The minimum Gasteiger partial charge on any atom is -0.475 e. The normalized spacial score (nSPS) is 12.3. The van der Waals surface area contributed by atoms with Crippen LogP contribution in [0.4, 0.5) is 5.82 Å². The minimum absolute atomic E-state index is 0.0185. The van der Waals surface area contributed by atoms with Gasteiger partial charge in [0.25, 0.3) is 0 Å². The number of aromatic nitrogens is 2. The number of hydrogen-bond donors (Lipinski definition) is 2. The van der Waals surface area contributed by atoms with Gasteiger partial charge in [-0.3, -0.25) is 0 Å². The van der Waals surface area contributed by atoms with E-state index in [2.05, 4.69) is 15.3 Å². The van der Waals surface area contributed by atoms with Crippen molar-refractivity contribution in [1.82, 2.24) is 9.97 Å². The van der Waals surface area contributed by atoms with Crippen molar-refractivity contribution in [2.45, 2.75) is 13.0 Å². The van der Waals surface area contributed by atoms with Crippen molar-refractivity contribution < 1.29 is 14.6 Å². The van der Waals surface area contributed by atoms with Gasteiger partial charge < -0.3 is 15.2 Å². The van der Waals surface area contributed by atoms with Crippen LogP contribution in [0.1, 0.15) is 17.5 Å². The quantitative estimate of drug-likeness (QED) is 0.853. The molecule has 1 heterocycles. The van der Waals surface area contributed by atoms with Gasteiger partial charge in [0, 0.05) is 18.5 Å². The lowest BCUT2D eigenvalue weighted by Crippen LogP contribution is -2.22. The van der Waals surface area contributed by atoms with E-state index in [0.717, 1.165) is 5.39 Å². The highest BCUT2D eigenvalue weighted by Crippen LogP contribution is 2.20. The highest BCUT2D eigenvalue weighted by molar-refractivity contribution is 5.93. The topological polar surface area (TPSA) is 84.3 Å². The third kappa shape index (κ3) is 2.97.